The lowest BCUT2D eigenvalue weighted by molar-refractivity contribution is -0.119. The third-order valence-corrected chi connectivity index (χ3v) is 8.62. The number of nitrogens with zero attached hydrogens (tertiary/aromatic N) is 2. The molecule has 0 bridgehead atoms. The number of fused-ring (bicyclic) bond motifs is 1. The van der Waals surface area contributed by atoms with E-state index in [0.29, 0.717) is 27.7 Å². The molecule has 0 saturated carbocycles. The first-order chi connectivity index (χ1) is 15.8. The van der Waals surface area contributed by atoms with Crippen molar-refractivity contribution in [3.8, 4) is 5.75 Å². The Kier molecular flexibility index (Phi) is 6.73. The molecule has 0 fully saturated rings. The van der Waals surface area contributed by atoms with Gasteiger partial charge < -0.3 is 10.1 Å². The molecule has 4 rings (SSSR count). The molecule has 2 aromatic carbocycles. The molecule has 4 aromatic rings. The molecular weight excluding hydrogens is 482 g/mol. The van der Waals surface area contributed by atoms with E-state index < -0.39 is 9.84 Å². The lowest BCUT2D eigenvalue weighted by Gasteiger charge is -2.07. The Hall–Kier alpha value is -2.88. The Labute approximate surface area is 200 Å². The number of nitrogens with one attached hydrogen (secondary N) is 1. The number of aromatic nitrogens is 2. The molecule has 33 heavy (non-hydrogen) atoms. The third-order valence-electron chi connectivity index (χ3n) is 5.18. The summed E-state index contributed by atoms with van der Waals surface area (Å²) in [6.07, 6.45) is 0.283. The normalized spacial score (nSPS) is 11.6. The average Bonchev–Trinajstić information content (AvgIpc) is 3.38. The van der Waals surface area contributed by atoms with Crippen LogP contribution < -0.4 is 10.1 Å². The van der Waals surface area contributed by atoms with Gasteiger partial charge in [0.15, 0.2) is 9.84 Å². The van der Waals surface area contributed by atoms with E-state index in [2.05, 4.69) is 10.4 Å². The van der Waals surface area contributed by atoms with Crippen molar-refractivity contribution in [2.24, 2.45) is 0 Å². The fourth-order valence-corrected chi connectivity index (χ4v) is 6.51. The average molecular weight is 504 g/mol. The number of methoxy groups -OCH3 is 1. The first-order valence-electron chi connectivity index (χ1n) is 10.1. The molecular formula is C23H22ClN3O4S2. The van der Waals surface area contributed by atoms with Gasteiger partial charge >= 0.3 is 0 Å². The van der Waals surface area contributed by atoms with Crippen LogP contribution in [0.5, 0.6) is 5.75 Å². The van der Waals surface area contributed by atoms with Crippen LogP contribution in [0, 0.1) is 0 Å². The first kappa shape index (κ1) is 23.3. The highest BCUT2D eigenvalue weighted by molar-refractivity contribution is 7.92. The van der Waals surface area contributed by atoms with Gasteiger partial charge in [-0.2, -0.15) is 5.10 Å². The summed E-state index contributed by atoms with van der Waals surface area (Å²) in [5.74, 6) is 0.217. The fourth-order valence-electron chi connectivity index (χ4n) is 3.67. The maximum atomic E-state index is 13.0. The van der Waals surface area contributed by atoms with E-state index in [1.54, 1.807) is 31.0 Å². The zero-order valence-electron chi connectivity index (χ0n) is 18.0. The second kappa shape index (κ2) is 9.54. The second-order valence-corrected chi connectivity index (χ2v) is 11.4. The molecule has 0 aliphatic carbocycles. The maximum absolute atomic E-state index is 13.0. The minimum Gasteiger partial charge on any atom is -0.496 e. The molecule has 2 heterocycles. The predicted molar refractivity (Wildman–Crippen MR) is 130 cm³/mol. The van der Waals surface area contributed by atoms with Crippen LogP contribution in [0.4, 0.5) is 0 Å². The lowest BCUT2D eigenvalue weighted by atomic mass is 10.1. The van der Waals surface area contributed by atoms with Gasteiger partial charge in [0.2, 0.25) is 5.91 Å². The number of benzene rings is 2. The lowest BCUT2D eigenvalue weighted by Crippen LogP contribution is -2.20. The van der Waals surface area contributed by atoms with Gasteiger partial charge in [0.25, 0.3) is 0 Å². The van der Waals surface area contributed by atoms with Crippen molar-refractivity contribution in [1.82, 2.24) is 15.1 Å². The van der Waals surface area contributed by atoms with Crippen molar-refractivity contribution in [3.63, 3.8) is 0 Å². The molecule has 1 amide bonds. The summed E-state index contributed by atoms with van der Waals surface area (Å²) < 4.78 is 34.0. The van der Waals surface area contributed by atoms with Crippen LogP contribution >= 0.6 is 22.9 Å². The summed E-state index contributed by atoms with van der Waals surface area (Å²) in [4.78, 5) is 11.7. The Morgan fingerprint density at radius 3 is 2.61 bits per heavy atom. The number of thiophene rings is 1. The van der Waals surface area contributed by atoms with Gasteiger partial charge in [-0.1, -0.05) is 41.9 Å². The molecule has 0 atom stereocenters. The summed E-state index contributed by atoms with van der Waals surface area (Å²) >= 11 is 6.98. The Bertz CT molecular complexity index is 1430. The zero-order valence-corrected chi connectivity index (χ0v) is 20.4. The molecule has 2 aromatic heterocycles. The minimum absolute atomic E-state index is 0.0670. The van der Waals surface area contributed by atoms with E-state index in [1.807, 2.05) is 36.4 Å². The number of halogens is 1. The van der Waals surface area contributed by atoms with Crippen LogP contribution in [0.15, 0.2) is 58.8 Å². The van der Waals surface area contributed by atoms with Crippen LogP contribution in [0.1, 0.15) is 16.8 Å². The van der Waals surface area contributed by atoms with Crippen molar-refractivity contribution in [2.45, 2.75) is 22.9 Å². The summed E-state index contributed by atoms with van der Waals surface area (Å²) in [5, 5.41) is 7.95. The van der Waals surface area contributed by atoms with Gasteiger partial charge in [0.05, 0.1) is 41.0 Å². The number of rotatable bonds is 8. The Morgan fingerprint density at radius 1 is 1.15 bits per heavy atom. The van der Waals surface area contributed by atoms with Crippen LogP contribution in [0.2, 0.25) is 4.34 Å². The van der Waals surface area contributed by atoms with Crippen LogP contribution in [-0.4, -0.2) is 38.3 Å². The highest BCUT2D eigenvalue weighted by Gasteiger charge is 2.24. The molecule has 7 nitrogen and oxygen atoms in total. The van der Waals surface area contributed by atoms with Gasteiger partial charge in [0, 0.05) is 7.05 Å². The number of hydrogen-bond donors (Lipinski definition) is 1. The second-order valence-electron chi connectivity index (χ2n) is 7.45. The highest BCUT2D eigenvalue weighted by Crippen LogP contribution is 2.33. The molecule has 0 aliphatic rings. The summed E-state index contributed by atoms with van der Waals surface area (Å²) in [6, 6.07) is 16.3. The van der Waals surface area contributed by atoms with Gasteiger partial charge in [-0.25, -0.2) is 8.42 Å². The highest BCUT2D eigenvalue weighted by atomic mass is 35.5. The Balaban J connectivity index is 1.73. The van der Waals surface area contributed by atoms with Crippen molar-refractivity contribution in [1.29, 1.82) is 0 Å². The van der Waals surface area contributed by atoms with E-state index in [4.69, 9.17) is 16.3 Å². The monoisotopic (exact) mass is 503 g/mol. The summed E-state index contributed by atoms with van der Waals surface area (Å²) in [7, 11) is -0.480. The molecule has 0 saturated heterocycles. The molecule has 0 spiro atoms. The van der Waals surface area contributed by atoms with Crippen molar-refractivity contribution in [2.75, 3.05) is 14.2 Å². The number of carbonyl (C=O) groups excluding carboxylic acids is 1. The number of carbonyl (C=O) groups is 1. The molecule has 0 aliphatic heterocycles. The van der Waals surface area contributed by atoms with Gasteiger partial charge in [-0.3, -0.25) is 9.48 Å². The maximum Gasteiger partial charge on any atom is 0.224 e. The van der Waals surface area contributed by atoms with E-state index in [0.717, 1.165) is 28.0 Å². The standard InChI is InChI=1S/C23H22ClN3O4S2/c1-25-21(28)12-15-5-3-6-16(11-15)13-27-18-7-4-8-19(31-2)23(18)17(26-27)14-33(29,30)22-10-9-20(24)32-22/h3-11H,12-14H2,1-2H3,(H,25,28). The number of ether oxygens (including phenoxy) is 1. The van der Waals surface area contributed by atoms with Crippen LogP contribution in [0.3, 0.4) is 0 Å². The quantitative estimate of drug-likeness (QED) is 0.391. The molecule has 1 N–H and O–H groups in total. The number of sulfone groups is 1. The summed E-state index contributed by atoms with van der Waals surface area (Å²) in [6.45, 7) is 0.413. The fraction of sp³-hybridized carbons (Fsp3) is 0.217. The summed E-state index contributed by atoms with van der Waals surface area (Å²) in [5.41, 5.74) is 3.01. The molecule has 0 radical (unpaired) electrons. The molecule has 0 unspecified atom stereocenters. The van der Waals surface area contributed by atoms with E-state index in [-0.39, 0.29) is 22.3 Å². The number of hydrogen-bond acceptors (Lipinski definition) is 6. The van der Waals surface area contributed by atoms with Crippen molar-refractivity contribution < 1.29 is 17.9 Å². The van der Waals surface area contributed by atoms with Gasteiger partial charge in [-0.05, 0) is 35.4 Å². The van der Waals surface area contributed by atoms with Gasteiger partial charge in [-0.15, -0.1) is 11.3 Å². The van der Waals surface area contributed by atoms with E-state index >= 15 is 0 Å². The zero-order chi connectivity index (χ0) is 23.6. The van der Waals surface area contributed by atoms with Crippen LogP contribution in [-0.2, 0) is 33.4 Å². The SMILES string of the molecule is CNC(=O)Cc1cccc(Cn2nc(CS(=O)(=O)c3ccc(Cl)s3)c3c(OC)cccc32)c1. The molecule has 172 valence electrons. The largest absolute Gasteiger partial charge is 0.496 e. The topological polar surface area (TPSA) is 90.3 Å². The Morgan fingerprint density at radius 2 is 1.91 bits per heavy atom. The number of likely N-dealkylation sites (N-methyl/N-ethyl adjacent to an activating group) is 1. The van der Waals surface area contributed by atoms with Crippen molar-refractivity contribution >= 4 is 49.6 Å². The first-order valence-corrected chi connectivity index (χ1v) is 12.9. The molecule has 10 heteroatoms. The van der Waals surface area contributed by atoms with Crippen LogP contribution in [0.25, 0.3) is 10.9 Å². The predicted octanol–water partition coefficient (Wildman–Crippen LogP) is 4.07. The smallest absolute Gasteiger partial charge is 0.224 e. The number of amides is 1. The third kappa shape index (κ3) is 5.05. The van der Waals surface area contributed by atoms with E-state index in [9.17, 15) is 13.2 Å². The minimum atomic E-state index is -3.63. The van der Waals surface area contributed by atoms with E-state index in [1.165, 1.54) is 6.07 Å². The van der Waals surface area contributed by atoms with Gasteiger partial charge in [0.1, 0.15) is 15.7 Å². The van der Waals surface area contributed by atoms with Crippen molar-refractivity contribution in [3.05, 3.63) is 75.8 Å².